The Morgan fingerprint density at radius 1 is 1.27 bits per heavy atom. The van der Waals surface area contributed by atoms with Gasteiger partial charge in [-0.1, -0.05) is 0 Å². The van der Waals surface area contributed by atoms with E-state index in [0.717, 1.165) is 33.2 Å². The summed E-state index contributed by atoms with van der Waals surface area (Å²) in [6.07, 6.45) is 6.66. The number of pyridine rings is 2. The maximum atomic E-state index is 12.6. The number of nitrogens with zero attached hydrogens (tertiary/aromatic N) is 3. The Morgan fingerprint density at radius 2 is 2.00 bits per heavy atom. The number of fused-ring (bicyclic) bond motifs is 1. The molecule has 1 aromatic carbocycles. The molecule has 1 amide bonds. The number of amides is 1. The molecular weight excluding hydrogens is 378 g/mol. The number of hydrogen-bond donors (Lipinski definition) is 3. The molecule has 0 saturated carbocycles. The van der Waals surface area contributed by atoms with Crippen LogP contribution in [-0.4, -0.2) is 46.9 Å². The molecule has 2 heterocycles. The Labute approximate surface area is 175 Å². The van der Waals surface area contributed by atoms with Gasteiger partial charge in [-0.3, -0.25) is 14.8 Å². The summed E-state index contributed by atoms with van der Waals surface area (Å²) in [5, 5.41) is 12.6. The van der Waals surface area contributed by atoms with E-state index in [2.05, 4.69) is 20.3 Å². The van der Waals surface area contributed by atoms with E-state index in [0.29, 0.717) is 11.2 Å². The van der Waals surface area contributed by atoms with Crippen LogP contribution in [0.2, 0.25) is 0 Å². The minimum Gasteiger partial charge on any atom is -0.405 e. The van der Waals surface area contributed by atoms with E-state index in [-0.39, 0.29) is 24.8 Å². The number of aryl methyl sites for hydroxylation is 2. The minimum absolute atomic E-state index is 0.142. The van der Waals surface area contributed by atoms with Gasteiger partial charge in [0.05, 0.1) is 17.8 Å². The lowest BCUT2D eigenvalue weighted by Crippen LogP contribution is -2.27. The van der Waals surface area contributed by atoms with Crippen molar-refractivity contribution in [2.24, 2.45) is 10.7 Å². The molecule has 0 radical (unpaired) electrons. The van der Waals surface area contributed by atoms with Crippen molar-refractivity contribution in [3.05, 3.63) is 71.3 Å². The predicted molar refractivity (Wildman–Crippen MR) is 120 cm³/mol. The van der Waals surface area contributed by atoms with E-state index in [1.54, 1.807) is 31.6 Å². The molecule has 0 saturated heterocycles. The first-order valence-corrected chi connectivity index (χ1v) is 9.61. The molecule has 7 nitrogen and oxygen atoms in total. The largest absolute Gasteiger partial charge is 0.405 e. The van der Waals surface area contributed by atoms with Crippen molar-refractivity contribution < 1.29 is 9.90 Å². The molecule has 2 aromatic heterocycles. The molecule has 0 bridgehead atoms. The highest BCUT2D eigenvalue weighted by Crippen LogP contribution is 2.34. The Kier molecular flexibility index (Phi) is 6.54. The fourth-order valence-corrected chi connectivity index (χ4v) is 3.68. The fraction of sp³-hybridized carbons (Fsp3) is 0.217. The standard InChI is InChI=1S/C23H25N5O2/c1-14-12-19-22(15(2)21(14)16-5-8-26-9-6-16)17(18(25-3)4-7-24)13-20(28-19)23(30)27-10-11-29/h4-9,12-13,29H,10-11,24H2,1-3H3,(H,27,30). The quantitative estimate of drug-likeness (QED) is 0.547. The SMILES string of the molecule is CN=C(C=CN)c1cc(C(=O)NCCO)nc2cc(C)c(-c3ccncc3)c(C)c12. The molecule has 0 fully saturated rings. The van der Waals surface area contributed by atoms with E-state index in [1.807, 2.05) is 32.0 Å². The van der Waals surface area contributed by atoms with Gasteiger partial charge in [0, 0.05) is 36.9 Å². The molecule has 0 atom stereocenters. The first-order valence-electron chi connectivity index (χ1n) is 9.61. The van der Waals surface area contributed by atoms with Crippen molar-refractivity contribution in [3.63, 3.8) is 0 Å². The van der Waals surface area contributed by atoms with Crippen LogP contribution in [0.15, 0.2) is 53.9 Å². The van der Waals surface area contributed by atoms with E-state index in [4.69, 9.17) is 10.8 Å². The maximum Gasteiger partial charge on any atom is 0.270 e. The number of carbonyl (C=O) groups excluding carboxylic acids is 1. The van der Waals surface area contributed by atoms with Gasteiger partial charge in [-0.2, -0.15) is 0 Å². The van der Waals surface area contributed by atoms with Gasteiger partial charge >= 0.3 is 0 Å². The third-order valence-corrected chi connectivity index (χ3v) is 4.91. The van der Waals surface area contributed by atoms with Gasteiger partial charge in [-0.25, -0.2) is 4.98 Å². The van der Waals surface area contributed by atoms with Crippen molar-refractivity contribution in [3.8, 4) is 11.1 Å². The molecular formula is C23H25N5O2. The zero-order valence-electron chi connectivity index (χ0n) is 17.3. The van der Waals surface area contributed by atoms with Crippen molar-refractivity contribution in [2.75, 3.05) is 20.2 Å². The lowest BCUT2D eigenvalue weighted by atomic mass is 9.89. The average Bonchev–Trinajstić information content (AvgIpc) is 2.75. The summed E-state index contributed by atoms with van der Waals surface area (Å²) in [5.74, 6) is -0.354. The Balaban J connectivity index is 2.35. The van der Waals surface area contributed by atoms with Crippen LogP contribution in [0, 0.1) is 13.8 Å². The predicted octanol–water partition coefficient (Wildman–Crippen LogP) is 2.53. The van der Waals surface area contributed by atoms with Crippen LogP contribution >= 0.6 is 0 Å². The molecule has 0 aliphatic rings. The van der Waals surface area contributed by atoms with E-state index in [9.17, 15) is 4.79 Å². The molecule has 0 unspecified atom stereocenters. The number of nitrogens with two attached hydrogens (primary N) is 1. The summed E-state index contributed by atoms with van der Waals surface area (Å²) < 4.78 is 0. The molecule has 0 spiro atoms. The highest BCUT2D eigenvalue weighted by atomic mass is 16.3. The van der Waals surface area contributed by atoms with E-state index in [1.165, 1.54) is 6.20 Å². The number of carbonyl (C=O) groups is 1. The van der Waals surface area contributed by atoms with Crippen LogP contribution < -0.4 is 11.1 Å². The summed E-state index contributed by atoms with van der Waals surface area (Å²) in [6.45, 7) is 4.08. The monoisotopic (exact) mass is 403 g/mol. The summed E-state index contributed by atoms with van der Waals surface area (Å²) in [7, 11) is 1.68. The topological polar surface area (TPSA) is 113 Å². The van der Waals surface area contributed by atoms with E-state index >= 15 is 0 Å². The number of aliphatic imine (C=N–C) groups is 1. The Hall–Kier alpha value is -3.58. The van der Waals surface area contributed by atoms with Gasteiger partial charge < -0.3 is 16.2 Å². The van der Waals surface area contributed by atoms with Gasteiger partial charge in [-0.15, -0.1) is 0 Å². The van der Waals surface area contributed by atoms with Crippen molar-refractivity contribution in [1.29, 1.82) is 0 Å². The number of nitrogens with one attached hydrogen (secondary N) is 1. The lowest BCUT2D eigenvalue weighted by Gasteiger charge is -2.17. The number of aromatic nitrogens is 2. The molecule has 0 aliphatic heterocycles. The first-order chi connectivity index (χ1) is 14.5. The van der Waals surface area contributed by atoms with Crippen molar-refractivity contribution in [1.82, 2.24) is 15.3 Å². The van der Waals surface area contributed by atoms with Crippen LogP contribution in [0.3, 0.4) is 0 Å². The highest BCUT2D eigenvalue weighted by Gasteiger charge is 2.19. The van der Waals surface area contributed by atoms with Gasteiger partial charge in [0.15, 0.2) is 0 Å². The fourth-order valence-electron chi connectivity index (χ4n) is 3.68. The lowest BCUT2D eigenvalue weighted by molar-refractivity contribution is 0.0940. The Bertz CT molecular complexity index is 1140. The number of allylic oxidation sites excluding steroid dienone is 1. The second kappa shape index (κ2) is 9.28. The highest BCUT2D eigenvalue weighted by molar-refractivity contribution is 6.18. The second-order valence-electron chi connectivity index (χ2n) is 6.83. The number of benzene rings is 1. The van der Waals surface area contributed by atoms with Crippen LogP contribution in [0.4, 0.5) is 0 Å². The third-order valence-electron chi connectivity index (χ3n) is 4.91. The molecule has 7 heteroatoms. The Morgan fingerprint density at radius 3 is 2.63 bits per heavy atom. The van der Waals surface area contributed by atoms with Gasteiger partial charge in [0.25, 0.3) is 5.91 Å². The van der Waals surface area contributed by atoms with E-state index < -0.39 is 0 Å². The summed E-state index contributed by atoms with van der Waals surface area (Å²) in [5.41, 5.74) is 12.2. The van der Waals surface area contributed by atoms with Gasteiger partial charge in [0.2, 0.25) is 0 Å². The molecule has 3 rings (SSSR count). The molecule has 4 N–H and O–H groups in total. The second-order valence-corrected chi connectivity index (χ2v) is 6.83. The summed E-state index contributed by atoms with van der Waals surface area (Å²) >= 11 is 0. The zero-order chi connectivity index (χ0) is 21.7. The number of hydrogen-bond acceptors (Lipinski definition) is 6. The summed E-state index contributed by atoms with van der Waals surface area (Å²) in [6, 6.07) is 7.64. The van der Waals surface area contributed by atoms with Crippen LogP contribution in [0.5, 0.6) is 0 Å². The van der Waals surface area contributed by atoms with Crippen LogP contribution in [-0.2, 0) is 0 Å². The molecule has 30 heavy (non-hydrogen) atoms. The molecule has 3 aromatic rings. The average molecular weight is 403 g/mol. The van der Waals surface area contributed by atoms with Crippen molar-refractivity contribution >= 4 is 22.5 Å². The molecule has 0 aliphatic carbocycles. The summed E-state index contributed by atoms with van der Waals surface area (Å²) in [4.78, 5) is 25.6. The smallest absolute Gasteiger partial charge is 0.270 e. The number of aliphatic hydroxyl groups is 1. The maximum absolute atomic E-state index is 12.6. The van der Waals surface area contributed by atoms with Gasteiger partial charge in [-0.05, 0) is 72.6 Å². The van der Waals surface area contributed by atoms with Crippen LogP contribution in [0.1, 0.15) is 27.2 Å². The number of aliphatic hydroxyl groups excluding tert-OH is 1. The van der Waals surface area contributed by atoms with Crippen LogP contribution in [0.25, 0.3) is 22.0 Å². The first kappa shape index (κ1) is 21.1. The normalized spacial score (nSPS) is 11.9. The third kappa shape index (κ3) is 4.06. The number of rotatable bonds is 6. The molecule has 154 valence electrons. The minimum atomic E-state index is -0.354. The van der Waals surface area contributed by atoms with Crippen molar-refractivity contribution in [2.45, 2.75) is 13.8 Å². The zero-order valence-corrected chi connectivity index (χ0v) is 17.3. The van der Waals surface area contributed by atoms with Gasteiger partial charge in [0.1, 0.15) is 5.69 Å².